The van der Waals surface area contributed by atoms with Crippen LogP contribution < -0.4 is 10.6 Å². The Morgan fingerprint density at radius 1 is 1.26 bits per heavy atom. The number of carbonyl (C=O) groups is 2. The number of hydrogen-bond acceptors (Lipinski definition) is 3. The van der Waals surface area contributed by atoms with Gasteiger partial charge in [-0.25, -0.2) is 0 Å². The third-order valence-electron chi connectivity index (χ3n) is 3.88. The quantitative estimate of drug-likeness (QED) is 0.557. The van der Waals surface area contributed by atoms with E-state index in [9.17, 15) is 9.59 Å². The summed E-state index contributed by atoms with van der Waals surface area (Å²) in [6.07, 6.45) is 6.60. The Kier molecular flexibility index (Phi) is 6.84. The fourth-order valence-corrected chi connectivity index (χ4v) is 2.59. The van der Waals surface area contributed by atoms with Crippen molar-refractivity contribution in [1.82, 2.24) is 10.6 Å². The zero-order valence-corrected chi connectivity index (χ0v) is 11.8. The Labute approximate surface area is 115 Å². The van der Waals surface area contributed by atoms with Crippen LogP contribution in [0.2, 0.25) is 0 Å². The molecule has 1 aliphatic rings. The predicted octanol–water partition coefficient (Wildman–Crippen LogP) is 1.67. The van der Waals surface area contributed by atoms with E-state index in [-0.39, 0.29) is 17.9 Å². The van der Waals surface area contributed by atoms with Gasteiger partial charge in [0.25, 0.3) is 0 Å². The van der Waals surface area contributed by atoms with Crippen LogP contribution >= 0.6 is 0 Å². The minimum absolute atomic E-state index is 0.123. The van der Waals surface area contributed by atoms with Crippen LogP contribution in [0.25, 0.3) is 0 Å². The number of hydrogen-bond donors (Lipinski definition) is 3. The zero-order chi connectivity index (χ0) is 14.1. The summed E-state index contributed by atoms with van der Waals surface area (Å²) >= 11 is 0. The van der Waals surface area contributed by atoms with E-state index in [0.29, 0.717) is 6.54 Å². The lowest BCUT2D eigenvalue weighted by Gasteiger charge is -2.26. The van der Waals surface area contributed by atoms with E-state index < -0.39 is 5.97 Å². The van der Waals surface area contributed by atoms with Gasteiger partial charge in [-0.1, -0.05) is 19.8 Å². The molecule has 0 bridgehead atoms. The highest BCUT2D eigenvalue weighted by Gasteiger charge is 2.38. The van der Waals surface area contributed by atoms with E-state index in [4.69, 9.17) is 5.11 Å². The van der Waals surface area contributed by atoms with E-state index in [2.05, 4.69) is 10.6 Å². The van der Waals surface area contributed by atoms with Gasteiger partial charge >= 0.3 is 5.97 Å². The van der Waals surface area contributed by atoms with E-state index in [1.807, 2.05) is 6.92 Å². The smallest absolute Gasteiger partial charge is 0.303 e. The van der Waals surface area contributed by atoms with Gasteiger partial charge < -0.3 is 15.7 Å². The molecule has 5 nitrogen and oxygen atoms in total. The third kappa shape index (κ3) is 5.19. The molecule has 110 valence electrons. The molecule has 5 heteroatoms. The van der Waals surface area contributed by atoms with Gasteiger partial charge in [0.1, 0.15) is 0 Å². The van der Waals surface area contributed by atoms with Crippen LogP contribution in [0, 0.1) is 0 Å². The standard InChI is InChI=1S/C14H26N2O3/c1-2-14(9-7-11-16-14)13(19)15-10-6-4-3-5-8-12(17)18/h16H,2-11H2,1H3,(H,15,19)(H,17,18). The topological polar surface area (TPSA) is 78.4 Å². The second-order valence-electron chi connectivity index (χ2n) is 5.28. The number of aliphatic carboxylic acids is 1. The molecule has 0 aromatic rings. The molecule has 0 saturated carbocycles. The van der Waals surface area contributed by atoms with Crippen molar-refractivity contribution >= 4 is 11.9 Å². The molecule has 1 atom stereocenters. The molecular formula is C14H26N2O3. The summed E-state index contributed by atoms with van der Waals surface area (Å²) in [5, 5.41) is 14.8. The predicted molar refractivity (Wildman–Crippen MR) is 74.0 cm³/mol. The fraction of sp³-hybridized carbons (Fsp3) is 0.857. The molecule has 1 heterocycles. The number of carboxylic acid groups (broad SMARTS) is 1. The average Bonchev–Trinajstić information content (AvgIpc) is 2.87. The van der Waals surface area contributed by atoms with Crippen LogP contribution in [0.4, 0.5) is 0 Å². The van der Waals surface area contributed by atoms with Crippen molar-refractivity contribution in [3.05, 3.63) is 0 Å². The molecule has 1 unspecified atom stereocenters. The van der Waals surface area contributed by atoms with E-state index in [1.165, 1.54) is 0 Å². The summed E-state index contributed by atoms with van der Waals surface area (Å²) in [6, 6.07) is 0. The number of carboxylic acids is 1. The van der Waals surface area contributed by atoms with Crippen molar-refractivity contribution < 1.29 is 14.7 Å². The highest BCUT2D eigenvalue weighted by Crippen LogP contribution is 2.22. The maximum Gasteiger partial charge on any atom is 0.303 e. The van der Waals surface area contributed by atoms with Gasteiger partial charge in [0.05, 0.1) is 5.54 Å². The second kappa shape index (κ2) is 8.15. The van der Waals surface area contributed by atoms with Crippen molar-refractivity contribution in [1.29, 1.82) is 0 Å². The van der Waals surface area contributed by atoms with Gasteiger partial charge in [0.15, 0.2) is 0 Å². The first kappa shape index (κ1) is 16.0. The molecule has 1 aliphatic heterocycles. The van der Waals surface area contributed by atoms with E-state index in [1.54, 1.807) is 0 Å². The highest BCUT2D eigenvalue weighted by atomic mass is 16.4. The lowest BCUT2D eigenvalue weighted by molar-refractivity contribution is -0.137. The molecule has 3 N–H and O–H groups in total. The Hall–Kier alpha value is -1.10. The Morgan fingerprint density at radius 3 is 2.58 bits per heavy atom. The number of amides is 1. The Bertz CT molecular complexity index is 299. The largest absolute Gasteiger partial charge is 0.481 e. The molecule has 0 radical (unpaired) electrons. The molecule has 1 rings (SSSR count). The molecule has 1 fully saturated rings. The molecule has 0 spiro atoms. The fourth-order valence-electron chi connectivity index (χ4n) is 2.59. The van der Waals surface area contributed by atoms with E-state index >= 15 is 0 Å². The first-order valence-electron chi connectivity index (χ1n) is 7.36. The number of unbranched alkanes of at least 4 members (excludes halogenated alkanes) is 3. The first-order chi connectivity index (χ1) is 9.10. The Balaban J connectivity index is 2.08. The first-order valence-corrected chi connectivity index (χ1v) is 7.36. The minimum Gasteiger partial charge on any atom is -0.481 e. The lowest BCUT2D eigenvalue weighted by Crippen LogP contribution is -2.53. The lowest BCUT2D eigenvalue weighted by atomic mass is 9.93. The number of carbonyl (C=O) groups excluding carboxylic acids is 1. The number of nitrogens with one attached hydrogen (secondary N) is 2. The van der Waals surface area contributed by atoms with E-state index in [0.717, 1.165) is 51.5 Å². The van der Waals surface area contributed by atoms with Crippen LogP contribution in [0.15, 0.2) is 0 Å². The van der Waals surface area contributed by atoms with Crippen molar-refractivity contribution in [3.63, 3.8) is 0 Å². The molecule has 1 saturated heterocycles. The summed E-state index contributed by atoms with van der Waals surface area (Å²) < 4.78 is 0. The zero-order valence-electron chi connectivity index (χ0n) is 11.8. The monoisotopic (exact) mass is 270 g/mol. The van der Waals surface area contributed by atoms with Gasteiger partial charge in [-0.05, 0) is 38.6 Å². The highest BCUT2D eigenvalue weighted by molar-refractivity contribution is 5.86. The minimum atomic E-state index is -0.731. The van der Waals surface area contributed by atoms with Crippen LogP contribution in [-0.4, -0.2) is 35.6 Å². The van der Waals surface area contributed by atoms with Crippen molar-refractivity contribution in [3.8, 4) is 0 Å². The molecule has 0 aliphatic carbocycles. The van der Waals surface area contributed by atoms with Crippen LogP contribution in [-0.2, 0) is 9.59 Å². The third-order valence-corrected chi connectivity index (χ3v) is 3.88. The summed E-state index contributed by atoms with van der Waals surface area (Å²) in [5.41, 5.74) is -0.344. The summed E-state index contributed by atoms with van der Waals surface area (Å²) in [4.78, 5) is 22.5. The van der Waals surface area contributed by atoms with Crippen molar-refractivity contribution in [2.75, 3.05) is 13.1 Å². The van der Waals surface area contributed by atoms with Gasteiger partial charge in [0.2, 0.25) is 5.91 Å². The summed E-state index contributed by atoms with van der Waals surface area (Å²) in [6.45, 7) is 3.66. The maximum atomic E-state index is 12.1. The number of rotatable bonds is 9. The Morgan fingerprint density at radius 2 is 2.00 bits per heavy atom. The van der Waals surface area contributed by atoms with Crippen molar-refractivity contribution in [2.45, 2.75) is 63.8 Å². The van der Waals surface area contributed by atoms with Gasteiger partial charge in [-0.15, -0.1) is 0 Å². The SMILES string of the molecule is CCC1(C(=O)NCCCCCCC(=O)O)CCCN1. The summed E-state index contributed by atoms with van der Waals surface area (Å²) in [5.74, 6) is -0.608. The normalized spacial score (nSPS) is 22.4. The molecule has 1 amide bonds. The molecule has 19 heavy (non-hydrogen) atoms. The van der Waals surface area contributed by atoms with Crippen LogP contribution in [0.5, 0.6) is 0 Å². The van der Waals surface area contributed by atoms with Gasteiger partial charge in [-0.2, -0.15) is 0 Å². The molecule has 0 aromatic heterocycles. The van der Waals surface area contributed by atoms with Gasteiger partial charge in [0, 0.05) is 13.0 Å². The molecular weight excluding hydrogens is 244 g/mol. The maximum absolute atomic E-state index is 12.1. The van der Waals surface area contributed by atoms with Crippen LogP contribution in [0.3, 0.4) is 0 Å². The van der Waals surface area contributed by atoms with Crippen molar-refractivity contribution in [2.24, 2.45) is 0 Å². The second-order valence-corrected chi connectivity index (χ2v) is 5.28. The molecule has 0 aromatic carbocycles. The average molecular weight is 270 g/mol. The van der Waals surface area contributed by atoms with Gasteiger partial charge in [-0.3, -0.25) is 9.59 Å². The van der Waals surface area contributed by atoms with Crippen LogP contribution in [0.1, 0.15) is 58.3 Å². The summed E-state index contributed by atoms with van der Waals surface area (Å²) in [7, 11) is 0.